The second-order valence-corrected chi connectivity index (χ2v) is 5.60. The van der Waals surface area contributed by atoms with E-state index in [4.69, 9.17) is 4.74 Å². The largest absolute Gasteiger partial charge is 0.378 e. The molecule has 96 valence electrons. The number of hydrogen-bond donors (Lipinski definition) is 1. The van der Waals surface area contributed by atoms with Gasteiger partial charge in [0, 0.05) is 30.9 Å². The normalized spacial score (nSPS) is 15.9. The Morgan fingerprint density at radius 2 is 1.89 bits per heavy atom. The van der Waals surface area contributed by atoms with Crippen molar-refractivity contribution in [3.05, 3.63) is 10.8 Å². The maximum Gasteiger partial charge on any atom is 0.186 e. The summed E-state index contributed by atoms with van der Waals surface area (Å²) >= 11 is 3.27. The molecule has 7 heteroatoms. The van der Waals surface area contributed by atoms with Gasteiger partial charge in [-0.2, -0.15) is 0 Å². The van der Waals surface area contributed by atoms with Gasteiger partial charge in [0.25, 0.3) is 0 Å². The predicted octanol–water partition coefficient (Wildman–Crippen LogP) is 2.14. The predicted molar refractivity (Wildman–Crippen MR) is 75.8 cm³/mol. The first-order valence-corrected chi connectivity index (χ1v) is 7.54. The van der Waals surface area contributed by atoms with Gasteiger partial charge >= 0.3 is 0 Å². The Balaban J connectivity index is 1.79. The minimum Gasteiger partial charge on any atom is -0.378 e. The molecule has 5 nitrogen and oxygen atoms in total. The van der Waals surface area contributed by atoms with Crippen molar-refractivity contribution in [1.82, 2.24) is 9.97 Å². The number of aromatic nitrogens is 2. The number of ether oxygens (including phenoxy) is 1. The van der Waals surface area contributed by atoms with E-state index in [9.17, 15) is 0 Å². The monoisotopic (exact) mass is 282 g/mol. The molecule has 0 spiro atoms. The van der Waals surface area contributed by atoms with Gasteiger partial charge < -0.3 is 15.0 Å². The molecule has 3 heterocycles. The summed E-state index contributed by atoms with van der Waals surface area (Å²) in [5.74, 6) is 0. The lowest BCUT2D eigenvalue weighted by Crippen LogP contribution is -2.36. The zero-order valence-electron chi connectivity index (χ0n) is 10.0. The minimum atomic E-state index is 0.787. The molecule has 0 amide bonds. The summed E-state index contributed by atoms with van der Waals surface area (Å²) in [4.78, 5) is 11.4. The number of rotatable bonds is 3. The zero-order chi connectivity index (χ0) is 12.4. The molecular formula is C11H14N4OS2. The van der Waals surface area contributed by atoms with Gasteiger partial charge in [-0.25, -0.2) is 9.97 Å². The zero-order valence-corrected chi connectivity index (χ0v) is 11.7. The molecule has 0 saturated carbocycles. The van der Waals surface area contributed by atoms with Crippen LogP contribution in [0, 0.1) is 0 Å². The van der Waals surface area contributed by atoms with E-state index in [1.165, 1.54) is 0 Å². The van der Waals surface area contributed by atoms with Crippen LogP contribution in [0.2, 0.25) is 0 Å². The quantitative estimate of drug-likeness (QED) is 0.935. The third-order valence-electron chi connectivity index (χ3n) is 2.75. The number of anilines is 2. The second kappa shape index (κ2) is 5.21. The van der Waals surface area contributed by atoms with Crippen LogP contribution in [0.4, 0.5) is 10.3 Å². The molecule has 0 aliphatic carbocycles. The van der Waals surface area contributed by atoms with Crippen molar-refractivity contribution in [1.29, 1.82) is 0 Å². The average molecular weight is 282 g/mol. The minimum absolute atomic E-state index is 0.787. The van der Waals surface area contributed by atoms with Gasteiger partial charge in [0.2, 0.25) is 0 Å². The summed E-state index contributed by atoms with van der Waals surface area (Å²) in [5, 5.41) is 9.13. The fourth-order valence-corrected chi connectivity index (χ4v) is 3.33. The molecule has 0 bridgehead atoms. The smallest absolute Gasteiger partial charge is 0.186 e. The first-order valence-electron chi connectivity index (χ1n) is 5.78. The van der Waals surface area contributed by atoms with E-state index in [1.54, 1.807) is 22.7 Å². The van der Waals surface area contributed by atoms with E-state index >= 15 is 0 Å². The lowest BCUT2D eigenvalue weighted by molar-refractivity contribution is 0.122. The van der Waals surface area contributed by atoms with Crippen molar-refractivity contribution in [2.75, 3.05) is 43.6 Å². The lowest BCUT2D eigenvalue weighted by atomic mass is 10.4. The number of morpholine rings is 1. The van der Waals surface area contributed by atoms with Crippen LogP contribution in [0.5, 0.6) is 0 Å². The van der Waals surface area contributed by atoms with E-state index in [0.29, 0.717) is 0 Å². The van der Waals surface area contributed by atoms with Crippen molar-refractivity contribution in [3.63, 3.8) is 0 Å². The van der Waals surface area contributed by atoms with Crippen molar-refractivity contribution in [2.45, 2.75) is 0 Å². The van der Waals surface area contributed by atoms with Gasteiger partial charge in [-0.15, -0.1) is 22.7 Å². The first-order chi connectivity index (χ1) is 8.86. The Bertz CT molecular complexity index is 519. The van der Waals surface area contributed by atoms with E-state index in [-0.39, 0.29) is 0 Å². The molecule has 0 aromatic carbocycles. The highest BCUT2D eigenvalue weighted by atomic mass is 32.1. The van der Waals surface area contributed by atoms with Crippen molar-refractivity contribution < 1.29 is 4.74 Å². The maximum absolute atomic E-state index is 5.35. The van der Waals surface area contributed by atoms with E-state index in [1.807, 2.05) is 12.4 Å². The molecular weight excluding hydrogens is 268 g/mol. The molecule has 1 aliphatic rings. The lowest BCUT2D eigenvalue weighted by Gasteiger charge is -2.25. The van der Waals surface area contributed by atoms with Gasteiger partial charge in [-0.05, 0) is 0 Å². The van der Waals surface area contributed by atoms with Crippen LogP contribution in [0.15, 0.2) is 10.8 Å². The molecule has 0 atom stereocenters. The Labute approximate surface area is 113 Å². The number of hydrogen-bond acceptors (Lipinski definition) is 7. The SMILES string of the molecule is CNc1nc(-c2csc(N3CCOCC3)n2)cs1. The van der Waals surface area contributed by atoms with Crippen molar-refractivity contribution in [2.24, 2.45) is 0 Å². The van der Waals surface area contributed by atoms with Crippen molar-refractivity contribution in [3.8, 4) is 11.4 Å². The number of nitrogens with zero attached hydrogens (tertiary/aromatic N) is 3. The van der Waals surface area contributed by atoms with Gasteiger partial charge in [0.1, 0.15) is 11.4 Å². The van der Waals surface area contributed by atoms with Crippen LogP contribution >= 0.6 is 22.7 Å². The van der Waals surface area contributed by atoms with Crippen LogP contribution < -0.4 is 10.2 Å². The van der Waals surface area contributed by atoms with Crippen LogP contribution in [0.1, 0.15) is 0 Å². The summed E-state index contributed by atoms with van der Waals surface area (Å²) in [6.07, 6.45) is 0. The molecule has 18 heavy (non-hydrogen) atoms. The highest BCUT2D eigenvalue weighted by molar-refractivity contribution is 7.14. The first kappa shape index (κ1) is 11.9. The summed E-state index contributed by atoms with van der Waals surface area (Å²) in [6.45, 7) is 3.42. The Kier molecular flexibility index (Phi) is 3.44. The maximum atomic E-state index is 5.35. The Morgan fingerprint density at radius 1 is 1.17 bits per heavy atom. The standard InChI is InChI=1S/C11H14N4OS2/c1-12-10-13-8(6-17-10)9-7-18-11(14-9)15-2-4-16-5-3-15/h6-7H,2-5H2,1H3,(H,12,13). The molecule has 0 radical (unpaired) electrons. The highest BCUT2D eigenvalue weighted by Gasteiger charge is 2.16. The van der Waals surface area contributed by atoms with Crippen LogP contribution in [0.3, 0.4) is 0 Å². The second-order valence-electron chi connectivity index (χ2n) is 3.90. The Morgan fingerprint density at radius 3 is 2.61 bits per heavy atom. The third kappa shape index (κ3) is 2.33. The molecule has 0 unspecified atom stereocenters. The van der Waals surface area contributed by atoms with E-state index in [0.717, 1.165) is 48.0 Å². The number of thiazole rings is 2. The summed E-state index contributed by atoms with van der Waals surface area (Å²) in [5.41, 5.74) is 1.90. The molecule has 2 aromatic heterocycles. The van der Waals surface area contributed by atoms with E-state index in [2.05, 4.69) is 25.6 Å². The molecule has 1 saturated heterocycles. The molecule has 1 fully saturated rings. The fourth-order valence-electron chi connectivity index (χ4n) is 1.79. The van der Waals surface area contributed by atoms with Crippen LogP contribution in [0.25, 0.3) is 11.4 Å². The van der Waals surface area contributed by atoms with Crippen LogP contribution in [-0.4, -0.2) is 43.3 Å². The Hall–Kier alpha value is -1.18. The summed E-state index contributed by atoms with van der Waals surface area (Å²) in [7, 11) is 1.88. The highest BCUT2D eigenvalue weighted by Crippen LogP contribution is 2.29. The average Bonchev–Trinajstić information content (AvgIpc) is 3.08. The fraction of sp³-hybridized carbons (Fsp3) is 0.455. The van der Waals surface area contributed by atoms with Gasteiger partial charge in [0.05, 0.1) is 13.2 Å². The topological polar surface area (TPSA) is 50.3 Å². The van der Waals surface area contributed by atoms with Gasteiger partial charge in [-0.3, -0.25) is 0 Å². The van der Waals surface area contributed by atoms with Gasteiger partial charge in [0.15, 0.2) is 10.3 Å². The summed E-state index contributed by atoms with van der Waals surface area (Å²) in [6, 6.07) is 0. The molecule has 1 N–H and O–H groups in total. The molecule has 1 aliphatic heterocycles. The molecule has 2 aromatic rings. The van der Waals surface area contributed by atoms with Crippen LogP contribution in [-0.2, 0) is 4.74 Å². The molecule has 3 rings (SSSR count). The number of nitrogens with one attached hydrogen (secondary N) is 1. The van der Waals surface area contributed by atoms with E-state index < -0.39 is 0 Å². The van der Waals surface area contributed by atoms with Gasteiger partial charge in [-0.1, -0.05) is 0 Å². The van der Waals surface area contributed by atoms with Crippen molar-refractivity contribution >= 4 is 32.9 Å². The summed E-state index contributed by atoms with van der Waals surface area (Å²) < 4.78 is 5.35. The third-order valence-corrected chi connectivity index (χ3v) is 4.52.